The Morgan fingerprint density at radius 2 is 2.12 bits per heavy atom. The number of rotatable bonds is 4. The highest BCUT2D eigenvalue weighted by molar-refractivity contribution is 5.68. The minimum atomic E-state index is -0.897. The topological polar surface area (TPSA) is 72.5 Å². The molecule has 0 fully saturated rings. The molecule has 0 amide bonds. The number of methoxy groups -OCH3 is 1. The van der Waals surface area contributed by atoms with Gasteiger partial charge in [0.1, 0.15) is 5.75 Å². The van der Waals surface area contributed by atoms with Crippen LogP contribution in [0.4, 0.5) is 0 Å². The number of carboxylic acid groups (broad SMARTS) is 1. The molecule has 4 heteroatoms. The number of ether oxygens (including phenoxy) is 1. The third-order valence-electron chi connectivity index (χ3n) is 2.64. The fourth-order valence-corrected chi connectivity index (χ4v) is 1.86. The lowest BCUT2D eigenvalue weighted by atomic mass is 9.96. The van der Waals surface area contributed by atoms with Crippen LogP contribution < -0.4 is 10.5 Å². The minimum absolute atomic E-state index is 0.0763. The molecule has 1 unspecified atom stereocenters. The fraction of sp³-hybridized carbons (Fsp3) is 0.417. The van der Waals surface area contributed by atoms with E-state index in [0.29, 0.717) is 0 Å². The Balaban J connectivity index is 3.10. The van der Waals surface area contributed by atoms with E-state index in [2.05, 4.69) is 0 Å². The SMILES string of the molecule is COc1c(C)ccc(C(N)CC(=O)O)c1C. The van der Waals surface area contributed by atoms with Crippen molar-refractivity contribution in [3.8, 4) is 5.75 Å². The molecule has 88 valence electrons. The van der Waals surface area contributed by atoms with Gasteiger partial charge in [-0.05, 0) is 30.5 Å². The lowest BCUT2D eigenvalue weighted by Crippen LogP contribution is -2.16. The summed E-state index contributed by atoms with van der Waals surface area (Å²) < 4.78 is 5.27. The highest BCUT2D eigenvalue weighted by Crippen LogP contribution is 2.29. The zero-order valence-corrected chi connectivity index (χ0v) is 9.78. The average molecular weight is 223 g/mol. The number of aliphatic carboxylic acids is 1. The van der Waals surface area contributed by atoms with E-state index in [0.717, 1.165) is 22.4 Å². The molecule has 0 aliphatic heterocycles. The second kappa shape index (κ2) is 4.99. The summed E-state index contributed by atoms with van der Waals surface area (Å²) in [6.07, 6.45) is -0.0763. The third-order valence-corrected chi connectivity index (χ3v) is 2.64. The van der Waals surface area contributed by atoms with Gasteiger partial charge in [-0.15, -0.1) is 0 Å². The molecule has 0 aliphatic rings. The molecular weight excluding hydrogens is 206 g/mol. The summed E-state index contributed by atoms with van der Waals surface area (Å²) in [5, 5.41) is 8.71. The molecule has 16 heavy (non-hydrogen) atoms. The van der Waals surface area contributed by atoms with Crippen molar-refractivity contribution >= 4 is 5.97 Å². The van der Waals surface area contributed by atoms with Gasteiger partial charge in [0.05, 0.1) is 13.5 Å². The number of carboxylic acids is 1. The quantitative estimate of drug-likeness (QED) is 0.816. The van der Waals surface area contributed by atoms with E-state index in [1.165, 1.54) is 0 Å². The molecule has 4 nitrogen and oxygen atoms in total. The summed E-state index contributed by atoms with van der Waals surface area (Å²) in [4.78, 5) is 10.6. The van der Waals surface area contributed by atoms with Gasteiger partial charge >= 0.3 is 5.97 Å². The van der Waals surface area contributed by atoms with E-state index < -0.39 is 12.0 Å². The van der Waals surface area contributed by atoms with Gasteiger partial charge in [0.15, 0.2) is 0 Å². The van der Waals surface area contributed by atoms with Crippen molar-refractivity contribution < 1.29 is 14.6 Å². The molecule has 1 aromatic carbocycles. The molecule has 0 heterocycles. The molecule has 1 rings (SSSR count). The van der Waals surface area contributed by atoms with Crippen LogP contribution in [0.5, 0.6) is 5.75 Å². The van der Waals surface area contributed by atoms with E-state index in [1.807, 2.05) is 26.0 Å². The van der Waals surface area contributed by atoms with Gasteiger partial charge < -0.3 is 15.6 Å². The molecule has 0 aromatic heterocycles. The maximum absolute atomic E-state index is 10.6. The number of nitrogens with two attached hydrogens (primary N) is 1. The van der Waals surface area contributed by atoms with Gasteiger partial charge in [-0.3, -0.25) is 4.79 Å². The molecule has 3 N–H and O–H groups in total. The molecule has 1 aromatic rings. The summed E-state index contributed by atoms with van der Waals surface area (Å²) in [5.74, 6) is -0.121. The van der Waals surface area contributed by atoms with Crippen LogP contribution in [0.2, 0.25) is 0 Å². The zero-order valence-electron chi connectivity index (χ0n) is 9.78. The van der Waals surface area contributed by atoms with Crippen molar-refractivity contribution in [1.29, 1.82) is 0 Å². The van der Waals surface area contributed by atoms with Crippen molar-refractivity contribution in [2.24, 2.45) is 5.73 Å². The van der Waals surface area contributed by atoms with E-state index in [1.54, 1.807) is 7.11 Å². The number of benzene rings is 1. The van der Waals surface area contributed by atoms with Crippen LogP contribution >= 0.6 is 0 Å². The van der Waals surface area contributed by atoms with Crippen LogP contribution in [0.3, 0.4) is 0 Å². The molecule has 0 spiro atoms. The van der Waals surface area contributed by atoms with Crippen LogP contribution in [-0.2, 0) is 4.79 Å². The molecule has 0 radical (unpaired) electrons. The van der Waals surface area contributed by atoms with Crippen molar-refractivity contribution in [2.75, 3.05) is 7.11 Å². The highest BCUT2D eigenvalue weighted by Gasteiger charge is 2.16. The first kappa shape index (κ1) is 12.5. The number of carbonyl (C=O) groups is 1. The third kappa shape index (κ3) is 2.52. The lowest BCUT2D eigenvalue weighted by Gasteiger charge is -2.17. The Morgan fingerprint density at radius 3 is 2.62 bits per heavy atom. The van der Waals surface area contributed by atoms with E-state index in [9.17, 15) is 4.79 Å². The van der Waals surface area contributed by atoms with Gasteiger partial charge in [0.2, 0.25) is 0 Å². The molecule has 0 bridgehead atoms. The summed E-state index contributed by atoms with van der Waals surface area (Å²) in [7, 11) is 1.60. The Hall–Kier alpha value is -1.55. The molecule has 1 atom stereocenters. The first-order valence-corrected chi connectivity index (χ1v) is 5.08. The number of hydrogen-bond donors (Lipinski definition) is 2. The Labute approximate surface area is 95.0 Å². The number of hydrogen-bond acceptors (Lipinski definition) is 3. The summed E-state index contributed by atoms with van der Waals surface area (Å²) in [6.45, 7) is 3.83. The predicted molar refractivity (Wildman–Crippen MR) is 61.6 cm³/mol. The Bertz CT molecular complexity index is 401. The molecule has 0 aliphatic carbocycles. The van der Waals surface area contributed by atoms with Crippen LogP contribution in [-0.4, -0.2) is 18.2 Å². The fourth-order valence-electron chi connectivity index (χ4n) is 1.86. The van der Waals surface area contributed by atoms with Gasteiger partial charge in [0.25, 0.3) is 0 Å². The Morgan fingerprint density at radius 1 is 1.50 bits per heavy atom. The van der Waals surface area contributed by atoms with E-state index in [4.69, 9.17) is 15.6 Å². The zero-order chi connectivity index (χ0) is 12.3. The normalized spacial score (nSPS) is 12.2. The van der Waals surface area contributed by atoms with Crippen molar-refractivity contribution in [2.45, 2.75) is 26.3 Å². The van der Waals surface area contributed by atoms with E-state index >= 15 is 0 Å². The average Bonchev–Trinajstić information content (AvgIpc) is 2.17. The van der Waals surface area contributed by atoms with Crippen molar-refractivity contribution in [3.63, 3.8) is 0 Å². The largest absolute Gasteiger partial charge is 0.496 e. The van der Waals surface area contributed by atoms with Gasteiger partial charge in [-0.25, -0.2) is 0 Å². The molecule has 0 saturated carbocycles. The van der Waals surface area contributed by atoms with Crippen LogP contribution in [0.1, 0.15) is 29.2 Å². The maximum atomic E-state index is 10.6. The molecular formula is C12H17NO3. The highest BCUT2D eigenvalue weighted by atomic mass is 16.5. The minimum Gasteiger partial charge on any atom is -0.496 e. The standard InChI is InChI=1S/C12H17NO3/c1-7-4-5-9(8(2)12(7)16-3)10(13)6-11(14)15/h4-5,10H,6,13H2,1-3H3,(H,14,15). The summed E-state index contributed by atoms with van der Waals surface area (Å²) in [6, 6.07) is 3.26. The summed E-state index contributed by atoms with van der Waals surface area (Å²) >= 11 is 0. The van der Waals surface area contributed by atoms with Gasteiger partial charge in [0, 0.05) is 6.04 Å². The van der Waals surface area contributed by atoms with Crippen LogP contribution in [0, 0.1) is 13.8 Å². The predicted octanol–water partition coefficient (Wildman–Crippen LogP) is 1.79. The first-order chi connectivity index (χ1) is 7.47. The second-order valence-electron chi connectivity index (χ2n) is 3.83. The number of aryl methyl sites for hydroxylation is 1. The van der Waals surface area contributed by atoms with Crippen molar-refractivity contribution in [3.05, 3.63) is 28.8 Å². The van der Waals surface area contributed by atoms with Crippen molar-refractivity contribution in [1.82, 2.24) is 0 Å². The monoisotopic (exact) mass is 223 g/mol. The van der Waals surface area contributed by atoms with Crippen LogP contribution in [0.25, 0.3) is 0 Å². The summed E-state index contributed by atoms with van der Waals surface area (Å²) in [5.41, 5.74) is 8.59. The lowest BCUT2D eigenvalue weighted by molar-refractivity contribution is -0.137. The molecule has 0 saturated heterocycles. The maximum Gasteiger partial charge on any atom is 0.305 e. The first-order valence-electron chi connectivity index (χ1n) is 5.08. The Kier molecular flexibility index (Phi) is 3.90. The smallest absolute Gasteiger partial charge is 0.305 e. The van der Waals surface area contributed by atoms with Crippen LogP contribution in [0.15, 0.2) is 12.1 Å². The second-order valence-corrected chi connectivity index (χ2v) is 3.83. The van der Waals surface area contributed by atoms with E-state index in [-0.39, 0.29) is 6.42 Å². The van der Waals surface area contributed by atoms with Gasteiger partial charge in [-0.1, -0.05) is 12.1 Å². The van der Waals surface area contributed by atoms with Gasteiger partial charge in [-0.2, -0.15) is 0 Å².